The Bertz CT molecular complexity index is 460. The van der Waals surface area contributed by atoms with E-state index in [-0.39, 0.29) is 0 Å². The fourth-order valence-electron chi connectivity index (χ4n) is 1.52. The second-order valence-electron chi connectivity index (χ2n) is 5.00. The van der Waals surface area contributed by atoms with Crippen molar-refractivity contribution in [2.75, 3.05) is 25.1 Å². The van der Waals surface area contributed by atoms with Crippen molar-refractivity contribution in [3.63, 3.8) is 0 Å². The molecule has 0 heterocycles. The molecule has 0 radical (unpaired) electrons. The first-order valence-corrected chi connectivity index (χ1v) is 8.57. The number of aliphatic carboxylic acids is 1. The molecule has 7 N–H and O–H groups in total. The largest absolute Gasteiger partial charge is 0.480 e. The summed E-state index contributed by atoms with van der Waals surface area (Å²) in [6.07, 6.45) is 1.07. The van der Waals surface area contributed by atoms with E-state index in [0.29, 0.717) is 12.2 Å². The second-order valence-corrected chi connectivity index (χ2v) is 5.98. The standard InChI is InChI=1S/C13H24N4O6S/c1-7(18)11(14)13(23)17-8(3-4-24-2)12(22)16-5-9(19)15-6-10(20)21/h7-8,11,18H,3-6,14H2,1-2H3,(H,15,19)(H,16,22)(H,17,23)(H,20,21)/t7-,8+,11+/m1/s1. The minimum absolute atomic E-state index is 0.308. The summed E-state index contributed by atoms with van der Waals surface area (Å²) in [6, 6.07) is -2.09. The van der Waals surface area contributed by atoms with E-state index in [1.54, 1.807) is 0 Å². The lowest BCUT2D eigenvalue weighted by Crippen LogP contribution is -2.55. The van der Waals surface area contributed by atoms with Gasteiger partial charge in [0.2, 0.25) is 17.7 Å². The number of amides is 3. The smallest absolute Gasteiger partial charge is 0.322 e. The molecule has 0 aromatic rings. The summed E-state index contributed by atoms with van der Waals surface area (Å²) in [7, 11) is 0. The van der Waals surface area contributed by atoms with Crippen LogP contribution in [-0.2, 0) is 19.2 Å². The molecule has 3 atom stereocenters. The van der Waals surface area contributed by atoms with Gasteiger partial charge < -0.3 is 31.9 Å². The lowest BCUT2D eigenvalue weighted by atomic mass is 10.1. The van der Waals surface area contributed by atoms with E-state index in [1.165, 1.54) is 18.7 Å². The van der Waals surface area contributed by atoms with Gasteiger partial charge in [-0.05, 0) is 25.4 Å². The fraction of sp³-hybridized carbons (Fsp3) is 0.692. The van der Waals surface area contributed by atoms with Crippen molar-refractivity contribution in [2.45, 2.75) is 31.5 Å². The van der Waals surface area contributed by atoms with Crippen LogP contribution < -0.4 is 21.7 Å². The predicted octanol–water partition coefficient (Wildman–Crippen LogP) is -2.75. The number of carboxylic acids is 1. The number of nitrogens with two attached hydrogens (primary N) is 1. The predicted molar refractivity (Wildman–Crippen MR) is 88.2 cm³/mol. The molecule has 0 saturated heterocycles. The fourth-order valence-corrected chi connectivity index (χ4v) is 1.99. The zero-order chi connectivity index (χ0) is 18.7. The van der Waals surface area contributed by atoms with Gasteiger partial charge in [-0.3, -0.25) is 19.2 Å². The normalized spacial score (nSPS) is 14.2. The van der Waals surface area contributed by atoms with Gasteiger partial charge in [0.05, 0.1) is 12.6 Å². The van der Waals surface area contributed by atoms with E-state index < -0.39 is 55.0 Å². The molecule has 0 spiro atoms. The molecule has 0 aliphatic rings. The van der Waals surface area contributed by atoms with Crippen LogP contribution in [0.4, 0.5) is 0 Å². The molecule has 0 fully saturated rings. The minimum Gasteiger partial charge on any atom is -0.480 e. The second kappa shape index (κ2) is 11.6. The van der Waals surface area contributed by atoms with Crippen LogP contribution in [0.15, 0.2) is 0 Å². The van der Waals surface area contributed by atoms with Gasteiger partial charge in [0.1, 0.15) is 18.6 Å². The van der Waals surface area contributed by atoms with Gasteiger partial charge in [-0.15, -0.1) is 0 Å². The lowest BCUT2D eigenvalue weighted by Gasteiger charge is -2.21. The number of thioether (sulfide) groups is 1. The summed E-state index contributed by atoms with van der Waals surface area (Å²) in [6.45, 7) is 0.388. The van der Waals surface area contributed by atoms with Crippen LogP contribution in [0.2, 0.25) is 0 Å². The van der Waals surface area contributed by atoms with Crippen molar-refractivity contribution in [3.8, 4) is 0 Å². The zero-order valence-corrected chi connectivity index (χ0v) is 14.4. The highest BCUT2D eigenvalue weighted by atomic mass is 32.2. The maximum absolute atomic E-state index is 12.1. The molecule has 24 heavy (non-hydrogen) atoms. The van der Waals surface area contributed by atoms with Crippen LogP contribution in [-0.4, -0.2) is 77.2 Å². The third-order valence-electron chi connectivity index (χ3n) is 2.93. The SMILES string of the molecule is CSCC[C@H](NC(=O)[C@@H](N)[C@@H](C)O)C(=O)NCC(=O)NCC(=O)O. The van der Waals surface area contributed by atoms with E-state index >= 15 is 0 Å². The number of carboxylic acid groups (broad SMARTS) is 1. The first kappa shape index (κ1) is 22.1. The Balaban J connectivity index is 4.57. The van der Waals surface area contributed by atoms with Gasteiger partial charge in [0.15, 0.2) is 0 Å². The van der Waals surface area contributed by atoms with Gasteiger partial charge in [-0.25, -0.2) is 0 Å². The van der Waals surface area contributed by atoms with Crippen molar-refractivity contribution < 1.29 is 29.4 Å². The monoisotopic (exact) mass is 364 g/mol. The highest BCUT2D eigenvalue weighted by Gasteiger charge is 2.25. The van der Waals surface area contributed by atoms with Crippen molar-refractivity contribution in [1.82, 2.24) is 16.0 Å². The topological polar surface area (TPSA) is 171 Å². The number of hydrogen-bond donors (Lipinski definition) is 6. The molecule has 11 heteroatoms. The maximum atomic E-state index is 12.1. The molecule has 0 bridgehead atoms. The third kappa shape index (κ3) is 9.33. The van der Waals surface area contributed by atoms with Crippen LogP contribution in [0.25, 0.3) is 0 Å². The number of aliphatic hydroxyl groups excluding tert-OH is 1. The summed E-state index contributed by atoms with van der Waals surface area (Å²) >= 11 is 1.47. The van der Waals surface area contributed by atoms with E-state index in [2.05, 4.69) is 16.0 Å². The van der Waals surface area contributed by atoms with Gasteiger partial charge in [0, 0.05) is 0 Å². The lowest BCUT2D eigenvalue weighted by molar-refractivity contribution is -0.138. The van der Waals surface area contributed by atoms with Crippen LogP contribution in [0.5, 0.6) is 0 Å². The van der Waals surface area contributed by atoms with Gasteiger partial charge in [-0.2, -0.15) is 11.8 Å². The zero-order valence-electron chi connectivity index (χ0n) is 13.6. The summed E-state index contributed by atoms with van der Waals surface area (Å²) in [5.74, 6) is -2.57. The number of nitrogens with one attached hydrogen (secondary N) is 3. The summed E-state index contributed by atoms with van der Waals surface area (Å²) in [5, 5.41) is 24.6. The molecule has 0 aliphatic heterocycles. The molecule has 0 aliphatic carbocycles. The maximum Gasteiger partial charge on any atom is 0.322 e. The van der Waals surface area contributed by atoms with Gasteiger partial charge in [-0.1, -0.05) is 0 Å². The third-order valence-corrected chi connectivity index (χ3v) is 3.57. The number of aliphatic hydroxyl groups is 1. The van der Waals surface area contributed by atoms with E-state index in [1.807, 2.05) is 6.26 Å². The molecular formula is C13H24N4O6S. The summed E-state index contributed by atoms with van der Waals surface area (Å²) < 4.78 is 0. The van der Waals surface area contributed by atoms with Crippen molar-refractivity contribution in [2.24, 2.45) is 5.73 Å². The number of rotatable bonds is 11. The molecule has 138 valence electrons. The average molecular weight is 364 g/mol. The number of carbonyl (C=O) groups excluding carboxylic acids is 3. The molecule has 0 unspecified atom stereocenters. The highest BCUT2D eigenvalue weighted by molar-refractivity contribution is 7.98. The van der Waals surface area contributed by atoms with Gasteiger partial charge in [0.25, 0.3) is 0 Å². The Labute approximate surface area is 143 Å². The average Bonchev–Trinajstić information content (AvgIpc) is 2.53. The van der Waals surface area contributed by atoms with Crippen LogP contribution >= 0.6 is 11.8 Å². The van der Waals surface area contributed by atoms with Crippen LogP contribution in [0, 0.1) is 0 Å². The highest BCUT2D eigenvalue weighted by Crippen LogP contribution is 2.02. The molecule has 0 saturated carbocycles. The van der Waals surface area contributed by atoms with E-state index in [0.717, 1.165) is 0 Å². The van der Waals surface area contributed by atoms with Gasteiger partial charge >= 0.3 is 5.97 Å². The van der Waals surface area contributed by atoms with E-state index in [9.17, 15) is 24.3 Å². The van der Waals surface area contributed by atoms with E-state index in [4.69, 9.17) is 10.8 Å². The molecule has 3 amide bonds. The Morgan fingerprint density at radius 1 is 1.12 bits per heavy atom. The number of hydrogen-bond acceptors (Lipinski definition) is 7. The van der Waals surface area contributed by atoms with Crippen molar-refractivity contribution in [3.05, 3.63) is 0 Å². The quantitative estimate of drug-likeness (QED) is 0.229. The first-order chi connectivity index (χ1) is 11.2. The Kier molecular flexibility index (Phi) is 10.8. The summed E-state index contributed by atoms with van der Waals surface area (Å²) in [5.41, 5.74) is 5.51. The Hall–Kier alpha value is -1.85. The molecular weight excluding hydrogens is 340 g/mol. The Morgan fingerprint density at radius 3 is 2.25 bits per heavy atom. The molecule has 0 aromatic carbocycles. The first-order valence-electron chi connectivity index (χ1n) is 7.18. The Morgan fingerprint density at radius 2 is 1.75 bits per heavy atom. The summed E-state index contributed by atoms with van der Waals surface area (Å²) in [4.78, 5) is 45.6. The van der Waals surface area contributed by atoms with Crippen LogP contribution in [0.3, 0.4) is 0 Å². The number of carbonyl (C=O) groups is 4. The van der Waals surface area contributed by atoms with Crippen molar-refractivity contribution in [1.29, 1.82) is 0 Å². The van der Waals surface area contributed by atoms with Crippen LogP contribution in [0.1, 0.15) is 13.3 Å². The molecule has 10 nitrogen and oxygen atoms in total. The molecule has 0 rings (SSSR count). The minimum atomic E-state index is -1.20. The van der Waals surface area contributed by atoms with Crippen molar-refractivity contribution >= 4 is 35.5 Å². The molecule has 0 aromatic heterocycles.